The summed E-state index contributed by atoms with van der Waals surface area (Å²) in [5, 5.41) is 8.15. The maximum absolute atomic E-state index is 13.2. The molecule has 12 nitrogen and oxygen atoms in total. The number of nitrogens with zero attached hydrogens (tertiary/aromatic N) is 5. The smallest absolute Gasteiger partial charge is 0.261 e. The van der Waals surface area contributed by atoms with Gasteiger partial charge in [-0.25, -0.2) is 8.42 Å². The lowest BCUT2D eigenvalue weighted by atomic mass is 9.93. The molecule has 0 bridgehead atoms. The molecule has 3 aliphatic rings. The molecule has 0 spiro atoms. The highest BCUT2D eigenvalue weighted by molar-refractivity contribution is 7.89. The Morgan fingerprint density at radius 3 is 2.46 bits per heavy atom. The van der Waals surface area contributed by atoms with Crippen LogP contribution < -0.4 is 5.73 Å². The number of imide groups is 1. The normalized spacial score (nSPS) is 18.6. The summed E-state index contributed by atoms with van der Waals surface area (Å²) < 4.78 is 33.6. The van der Waals surface area contributed by atoms with Crippen LogP contribution >= 0.6 is 11.3 Å². The fourth-order valence-corrected chi connectivity index (χ4v) is 9.20. The number of thiophene rings is 1. The minimum Gasteiger partial charge on any atom is -0.397 e. The third-order valence-electron chi connectivity index (χ3n) is 9.26. The van der Waals surface area contributed by atoms with Gasteiger partial charge in [-0.1, -0.05) is 30.8 Å². The molecule has 4 aromatic rings. The van der Waals surface area contributed by atoms with Gasteiger partial charge in [0.05, 0.1) is 50.6 Å². The zero-order valence-corrected chi connectivity index (χ0v) is 28.1. The van der Waals surface area contributed by atoms with Crippen LogP contribution in [0.25, 0.3) is 16.6 Å². The molecule has 0 saturated carbocycles. The minimum absolute atomic E-state index is 0.174. The molecule has 2 aromatic carbocycles. The van der Waals surface area contributed by atoms with Crippen molar-refractivity contribution in [1.29, 1.82) is 0 Å². The van der Waals surface area contributed by atoms with Crippen molar-refractivity contribution in [1.82, 2.24) is 24.3 Å². The maximum atomic E-state index is 13.2. The Morgan fingerprint density at radius 2 is 1.75 bits per heavy atom. The van der Waals surface area contributed by atoms with E-state index in [1.165, 1.54) is 4.31 Å². The predicted molar refractivity (Wildman–Crippen MR) is 186 cm³/mol. The summed E-state index contributed by atoms with van der Waals surface area (Å²) in [4.78, 5) is 35.8. The van der Waals surface area contributed by atoms with Crippen LogP contribution in [0.3, 0.4) is 0 Å². The van der Waals surface area contributed by atoms with E-state index in [1.807, 2.05) is 24.3 Å². The van der Waals surface area contributed by atoms with Gasteiger partial charge < -0.3 is 10.5 Å². The molecular weight excluding hydrogens is 651 g/mol. The zero-order chi connectivity index (χ0) is 33.4. The van der Waals surface area contributed by atoms with Gasteiger partial charge in [-0.15, -0.1) is 11.3 Å². The highest BCUT2D eigenvalue weighted by atomic mass is 32.2. The molecule has 2 amide bonds. The van der Waals surface area contributed by atoms with Crippen molar-refractivity contribution in [3.63, 3.8) is 0 Å². The number of ether oxygens (including phenoxy) is 1. The molecule has 3 aliphatic heterocycles. The van der Waals surface area contributed by atoms with Crippen molar-refractivity contribution >= 4 is 61.2 Å². The van der Waals surface area contributed by atoms with Gasteiger partial charge in [0.15, 0.2) is 0 Å². The predicted octanol–water partition coefficient (Wildman–Crippen LogP) is 3.84. The number of carbonyl (C=O) groups is 2. The molecule has 0 atom stereocenters. The number of aliphatic imine (C=N–C) groups is 1. The van der Waals surface area contributed by atoms with Gasteiger partial charge in [0.1, 0.15) is 0 Å². The number of anilines is 1. The summed E-state index contributed by atoms with van der Waals surface area (Å²) in [5.41, 5.74) is 11.4. The van der Waals surface area contributed by atoms with Gasteiger partial charge in [-0.2, -0.15) is 9.40 Å². The first-order valence-electron chi connectivity index (χ1n) is 16.0. The number of sulfonamides is 1. The van der Waals surface area contributed by atoms with Gasteiger partial charge >= 0.3 is 0 Å². The molecule has 0 aliphatic carbocycles. The van der Waals surface area contributed by atoms with E-state index in [0.29, 0.717) is 68.4 Å². The SMILES string of the molecule is C=C(N=C(c1sc(CN2CCN(S(=O)(=O)CCN3C(=O)c4ccccc4C3=O)CC2)cc1N)C1CCOCC1)c1cccc2[nH]ncc12. The Morgan fingerprint density at radius 1 is 1.04 bits per heavy atom. The van der Waals surface area contributed by atoms with Crippen molar-refractivity contribution in [2.75, 3.05) is 57.4 Å². The average molecular weight is 688 g/mol. The molecular formula is C34H37N7O5S2. The molecule has 48 heavy (non-hydrogen) atoms. The van der Waals surface area contributed by atoms with Crippen LogP contribution in [-0.4, -0.2) is 102 Å². The van der Waals surface area contributed by atoms with E-state index in [2.05, 4.69) is 21.7 Å². The fourth-order valence-electron chi connectivity index (χ4n) is 6.62. The number of hydrogen-bond acceptors (Lipinski definition) is 10. The maximum Gasteiger partial charge on any atom is 0.261 e. The molecule has 14 heteroatoms. The van der Waals surface area contributed by atoms with Crippen LogP contribution in [0.15, 0.2) is 66.3 Å². The first kappa shape index (κ1) is 32.3. The molecule has 0 radical (unpaired) electrons. The molecule has 7 rings (SSSR count). The first-order chi connectivity index (χ1) is 23.2. The number of nitrogens with two attached hydrogens (primary N) is 1. The summed E-state index contributed by atoms with van der Waals surface area (Å²) in [6, 6.07) is 14.5. The van der Waals surface area contributed by atoms with Gasteiger partial charge in [0, 0.05) is 74.2 Å². The van der Waals surface area contributed by atoms with E-state index in [9.17, 15) is 18.0 Å². The zero-order valence-electron chi connectivity index (χ0n) is 26.4. The van der Waals surface area contributed by atoms with Crippen molar-refractivity contribution in [2.24, 2.45) is 10.9 Å². The van der Waals surface area contributed by atoms with Gasteiger partial charge in [-0.05, 0) is 37.1 Å². The number of hydrogen-bond donors (Lipinski definition) is 2. The molecule has 3 N–H and O–H groups in total. The van der Waals surface area contributed by atoms with E-state index in [-0.39, 0.29) is 18.2 Å². The third kappa shape index (κ3) is 6.33. The second kappa shape index (κ2) is 13.4. The van der Waals surface area contributed by atoms with E-state index < -0.39 is 21.8 Å². The van der Waals surface area contributed by atoms with Gasteiger partial charge in [0.2, 0.25) is 10.0 Å². The Hall–Kier alpha value is -4.21. The quantitative estimate of drug-likeness (QED) is 0.188. The summed E-state index contributed by atoms with van der Waals surface area (Å²) >= 11 is 1.62. The number of amides is 2. The Bertz CT molecular complexity index is 1990. The standard InChI is InChI=1S/C34H37N7O5S2/c1-22(25-7-4-8-30-28(25)20-36-38-30)37-31(23-9-16-46-17-10-23)32-29(35)19-24(47-32)21-39-11-13-40(14-12-39)48(44,45)18-15-41-33(42)26-5-2-3-6-27(26)34(41)43/h2-8,19-20,23H,1,9-18,21,35H2,(H,36,38). The van der Waals surface area contributed by atoms with E-state index in [0.717, 1.165) is 49.7 Å². The summed E-state index contributed by atoms with van der Waals surface area (Å²) in [6.45, 7) is 7.86. The topological polar surface area (TPSA) is 154 Å². The number of nitrogen functional groups attached to an aromatic ring is 1. The number of benzene rings is 2. The van der Waals surface area contributed by atoms with Crippen LogP contribution in [0.5, 0.6) is 0 Å². The van der Waals surface area contributed by atoms with Crippen LogP contribution in [0.2, 0.25) is 0 Å². The summed E-state index contributed by atoms with van der Waals surface area (Å²) in [6.07, 6.45) is 3.48. The van der Waals surface area contributed by atoms with Gasteiger partial charge in [0.25, 0.3) is 11.8 Å². The summed E-state index contributed by atoms with van der Waals surface area (Å²) in [5.74, 6) is -1.02. The van der Waals surface area contributed by atoms with E-state index in [4.69, 9.17) is 15.5 Å². The van der Waals surface area contributed by atoms with Crippen molar-refractivity contribution in [2.45, 2.75) is 19.4 Å². The first-order valence-corrected chi connectivity index (χ1v) is 18.4. The number of carbonyl (C=O) groups excluding carboxylic acids is 2. The molecule has 2 fully saturated rings. The second-order valence-corrected chi connectivity index (χ2v) is 15.5. The minimum atomic E-state index is -3.67. The molecule has 5 heterocycles. The number of aromatic nitrogens is 2. The highest BCUT2D eigenvalue weighted by Gasteiger charge is 2.37. The van der Waals surface area contributed by atoms with Crippen LogP contribution in [0.4, 0.5) is 5.69 Å². The van der Waals surface area contributed by atoms with Crippen LogP contribution in [0, 0.1) is 5.92 Å². The van der Waals surface area contributed by atoms with Crippen molar-refractivity contribution < 1.29 is 22.7 Å². The lowest BCUT2D eigenvalue weighted by Crippen LogP contribution is -2.49. The number of fused-ring (bicyclic) bond motifs is 2. The third-order valence-corrected chi connectivity index (χ3v) is 12.3. The number of piperazine rings is 1. The van der Waals surface area contributed by atoms with Crippen LogP contribution in [-0.2, 0) is 21.3 Å². The fraction of sp³-hybridized carbons (Fsp3) is 0.353. The Labute approximate surface area is 282 Å². The second-order valence-electron chi connectivity index (χ2n) is 12.3. The molecule has 250 valence electrons. The number of rotatable bonds is 10. The number of nitrogens with one attached hydrogen (secondary N) is 1. The van der Waals surface area contributed by atoms with Crippen molar-refractivity contribution in [3.05, 3.63) is 87.8 Å². The Kier molecular flexibility index (Phi) is 9.00. The van der Waals surface area contributed by atoms with Gasteiger partial charge in [-0.3, -0.25) is 29.5 Å². The molecule has 2 aromatic heterocycles. The number of aromatic amines is 1. The monoisotopic (exact) mass is 687 g/mol. The molecule has 0 unspecified atom stereocenters. The van der Waals surface area contributed by atoms with Crippen molar-refractivity contribution in [3.8, 4) is 0 Å². The van der Waals surface area contributed by atoms with Crippen LogP contribution in [0.1, 0.15) is 48.9 Å². The average Bonchev–Trinajstić information content (AvgIpc) is 3.79. The highest BCUT2D eigenvalue weighted by Crippen LogP contribution is 2.34. The lowest BCUT2D eigenvalue weighted by Gasteiger charge is -2.34. The van der Waals surface area contributed by atoms with E-state index in [1.54, 1.807) is 41.8 Å². The number of H-pyrrole nitrogens is 1. The molecule has 2 saturated heterocycles. The Balaban J connectivity index is 1.01. The van der Waals surface area contributed by atoms with E-state index >= 15 is 0 Å². The summed E-state index contributed by atoms with van der Waals surface area (Å²) in [7, 11) is -3.67. The lowest BCUT2D eigenvalue weighted by molar-refractivity contribution is 0.0663. The largest absolute Gasteiger partial charge is 0.397 e.